The maximum Gasteiger partial charge on any atom is 0.0556 e. The molecular formula is C10H23ClO2Si. The molecule has 0 rings (SSSR count). The fraction of sp³-hybridized carbons (Fsp3) is 1.00. The molecule has 4 heteroatoms. The Morgan fingerprint density at radius 2 is 2.00 bits per heavy atom. The van der Waals surface area contributed by atoms with Gasteiger partial charge in [-0.15, -0.1) is 11.6 Å². The van der Waals surface area contributed by atoms with Crippen LogP contribution in [-0.4, -0.2) is 42.0 Å². The topological polar surface area (TPSA) is 18.5 Å². The van der Waals surface area contributed by atoms with Crippen LogP contribution in [0.1, 0.15) is 25.7 Å². The van der Waals surface area contributed by atoms with Crippen LogP contribution in [0, 0.1) is 0 Å². The standard InChI is InChI=1S/C10H23ClO2Si/c1-12-8-4-3-6-10(13-2)14-9-5-7-11/h10H,3-9,14H2,1-2H3. The minimum absolute atomic E-state index is 0.0675. The summed E-state index contributed by atoms with van der Waals surface area (Å²) in [5, 5.41) is 0. The van der Waals surface area contributed by atoms with Gasteiger partial charge in [0.05, 0.1) is 9.52 Å². The van der Waals surface area contributed by atoms with Gasteiger partial charge in [-0.2, -0.15) is 0 Å². The molecule has 0 radical (unpaired) electrons. The van der Waals surface area contributed by atoms with Gasteiger partial charge >= 0.3 is 0 Å². The zero-order valence-corrected chi connectivity index (χ0v) is 11.6. The van der Waals surface area contributed by atoms with Gasteiger partial charge < -0.3 is 9.47 Å². The SMILES string of the molecule is COCCCCC(OC)[SiH2]CCCCl. The van der Waals surface area contributed by atoms with Crippen LogP contribution in [0.3, 0.4) is 0 Å². The van der Waals surface area contributed by atoms with E-state index in [0.29, 0.717) is 5.73 Å². The minimum atomic E-state index is -0.0675. The summed E-state index contributed by atoms with van der Waals surface area (Å²) in [5.74, 6) is 0.799. The highest BCUT2D eigenvalue weighted by Crippen LogP contribution is 2.06. The quantitative estimate of drug-likeness (QED) is 0.329. The Bertz CT molecular complexity index is 114. The average Bonchev–Trinajstić information content (AvgIpc) is 2.22. The lowest BCUT2D eigenvalue weighted by molar-refractivity contribution is 0.145. The van der Waals surface area contributed by atoms with Gasteiger partial charge in [0.25, 0.3) is 0 Å². The lowest BCUT2D eigenvalue weighted by atomic mass is 10.2. The number of alkyl halides is 1. The monoisotopic (exact) mass is 238 g/mol. The maximum absolute atomic E-state index is 5.64. The molecule has 0 N–H and O–H groups in total. The third-order valence-corrected chi connectivity index (χ3v) is 4.93. The molecule has 0 aliphatic heterocycles. The molecule has 86 valence electrons. The average molecular weight is 239 g/mol. The van der Waals surface area contributed by atoms with Crippen LogP contribution in [-0.2, 0) is 9.47 Å². The Labute approximate surface area is 95.1 Å². The largest absolute Gasteiger partial charge is 0.386 e. The molecule has 0 aromatic carbocycles. The highest BCUT2D eigenvalue weighted by Gasteiger charge is 2.06. The minimum Gasteiger partial charge on any atom is -0.386 e. The van der Waals surface area contributed by atoms with Crippen molar-refractivity contribution in [2.45, 2.75) is 37.5 Å². The fourth-order valence-corrected chi connectivity index (χ4v) is 3.78. The van der Waals surface area contributed by atoms with Crippen molar-refractivity contribution >= 4 is 21.1 Å². The highest BCUT2D eigenvalue weighted by molar-refractivity contribution is 6.37. The van der Waals surface area contributed by atoms with E-state index >= 15 is 0 Å². The van der Waals surface area contributed by atoms with E-state index in [1.54, 1.807) is 7.11 Å². The fourth-order valence-electron chi connectivity index (χ4n) is 1.46. The number of hydrogen-bond donors (Lipinski definition) is 0. The molecule has 0 bridgehead atoms. The van der Waals surface area contributed by atoms with E-state index in [4.69, 9.17) is 21.1 Å². The Morgan fingerprint density at radius 1 is 1.21 bits per heavy atom. The predicted octanol–water partition coefficient (Wildman–Crippen LogP) is 1.99. The number of rotatable bonds is 10. The van der Waals surface area contributed by atoms with E-state index in [1.807, 2.05) is 7.11 Å². The Morgan fingerprint density at radius 3 is 2.57 bits per heavy atom. The summed E-state index contributed by atoms with van der Waals surface area (Å²) in [7, 11) is 3.51. The van der Waals surface area contributed by atoms with Crippen LogP contribution in [0.5, 0.6) is 0 Å². The summed E-state index contributed by atoms with van der Waals surface area (Å²) < 4.78 is 10.5. The molecule has 1 unspecified atom stereocenters. The van der Waals surface area contributed by atoms with Crippen molar-refractivity contribution in [3.8, 4) is 0 Å². The molecule has 0 spiro atoms. The first kappa shape index (κ1) is 14.4. The molecule has 14 heavy (non-hydrogen) atoms. The van der Waals surface area contributed by atoms with E-state index < -0.39 is 0 Å². The molecule has 0 heterocycles. The molecule has 0 fully saturated rings. The lowest BCUT2D eigenvalue weighted by Crippen LogP contribution is -2.19. The maximum atomic E-state index is 5.64. The summed E-state index contributed by atoms with van der Waals surface area (Å²) in [6.45, 7) is 0.875. The Kier molecular flexibility index (Phi) is 11.9. The summed E-state index contributed by atoms with van der Waals surface area (Å²) in [5.41, 5.74) is 0.551. The van der Waals surface area contributed by atoms with Crippen LogP contribution >= 0.6 is 11.6 Å². The second kappa shape index (κ2) is 11.5. The van der Waals surface area contributed by atoms with E-state index in [2.05, 4.69) is 0 Å². The summed E-state index contributed by atoms with van der Waals surface area (Å²) in [4.78, 5) is 0. The molecule has 0 aromatic heterocycles. The normalized spacial score (nSPS) is 13.9. The summed E-state index contributed by atoms with van der Waals surface area (Å²) >= 11 is 5.64. The molecular weight excluding hydrogens is 216 g/mol. The number of halogens is 1. The van der Waals surface area contributed by atoms with Crippen LogP contribution in [0.4, 0.5) is 0 Å². The number of hydrogen-bond acceptors (Lipinski definition) is 2. The Hall–Kier alpha value is 0.427. The lowest BCUT2D eigenvalue weighted by Gasteiger charge is -2.13. The molecule has 0 aromatic rings. The molecule has 0 saturated carbocycles. The smallest absolute Gasteiger partial charge is 0.0556 e. The van der Waals surface area contributed by atoms with Crippen LogP contribution < -0.4 is 0 Å². The van der Waals surface area contributed by atoms with Crippen molar-refractivity contribution in [1.29, 1.82) is 0 Å². The molecule has 0 saturated heterocycles. The van der Waals surface area contributed by atoms with Crippen LogP contribution in [0.2, 0.25) is 6.04 Å². The van der Waals surface area contributed by atoms with Gasteiger partial charge in [-0.3, -0.25) is 0 Å². The molecule has 2 nitrogen and oxygen atoms in total. The summed E-state index contributed by atoms with van der Waals surface area (Å²) in [6.07, 6.45) is 4.74. The molecule has 0 aliphatic rings. The van der Waals surface area contributed by atoms with Crippen molar-refractivity contribution in [1.82, 2.24) is 0 Å². The van der Waals surface area contributed by atoms with Crippen molar-refractivity contribution in [2.75, 3.05) is 26.7 Å². The van der Waals surface area contributed by atoms with Gasteiger partial charge in [0.15, 0.2) is 0 Å². The van der Waals surface area contributed by atoms with Crippen molar-refractivity contribution in [3.63, 3.8) is 0 Å². The zero-order chi connectivity index (χ0) is 10.6. The van der Waals surface area contributed by atoms with Gasteiger partial charge in [-0.25, -0.2) is 0 Å². The second-order valence-electron chi connectivity index (χ2n) is 3.53. The van der Waals surface area contributed by atoms with E-state index in [-0.39, 0.29) is 9.52 Å². The first-order valence-electron chi connectivity index (χ1n) is 5.42. The van der Waals surface area contributed by atoms with Gasteiger partial charge in [-0.05, 0) is 25.7 Å². The number of unbranched alkanes of at least 4 members (excludes halogenated alkanes) is 1. The molecule has 0 amide bonds. The third-order valence-electron chi connectivity index (χ3n) is 2.37. The van der Waals surface area contributed by atoms with E-state index in [9.17, 15) is 0 Å². The van der Waals surface area contributed by atoms with Crippen molar-refractivity contribution < 1.29 is 9.47 Å². The van der Waals surface area contributed by atoms with Gasteiger partial charge in [0, 0.05) is 32.4 Å². The van der Waals surface area contributed by atoms with Crippen molar-refractivity contribution in [2.24, 2.45) is 0 Å². The Balaban J connectivity index is 3.28. The number of methoxy groups -OCH3 is 2. The van der Waals surface area contributed by atoms with Gasteiger partial charge in [0.1, 0.15) is 0 Å². The highest BCUT2D eigenvalue weighted by atomic mass is 35.5. The second-order valence-corrected chi connectivity index (χ2v) is 6.10. The van der Waals surface area contributed by atoms with Crippen molar-refractivity contribution in [3.05, 3.63) is 0 Å². The number of ether oxygens (including phenoxy) is 2. The van der Waals surface area contributed by atoms with Crippen LogP contribution in [0.25, 0.3) is 0 Å². The van der Waals surface area contributed by atoms with E-state index in [0.717, 1.165) is 25.3 Å². The third kappa shape index (κ3) is 9.00. The van der Waals surface area contributed by atoms with Crippen LogP contribution in [0.15, 0.2) is 0 Å². The molecule has 1 atom stereocenters. The summed E-state index contributed by atoms with van der Waals surface area (Å²) in [6, 6.07) is 1.31. The van der Waals surface area contributed by atoms with Gasteiger partial charge in [-0.1, -0.05) is 6.04 Å². The van der Waals surface area contributed by atoms with E-state index in [1.165, 1.54) is 18.9 Å². The predicted molar refractivity (Wildman–Crippen MR) is 65.2 cm³/mol. The van der Waals surface area contributed by atoms with Gasteiger partial charge in [0.2, 0.25) is 0 Å². The molecule has 0 aliphatic carbocycles. The first-order valence-corrected chi connectivity index (χ1v) is 7.78. The zero-order valence-electron chi connectivity index (χ0n) is 9.43. The first-order chi connectivity index (χ1) is 6.85.